The van der Waals surface area contributed by atoms with E-state index < -0.39 is 10.8 Å². The minimum Gasteiger partial charge on any atom is -0.396 e. The molecule has 110 valence electrons. The maximum Gasteiger partial charge on any atom is 0.0858 e. The van der Waals surface area contributed by atoms with E-state index in [4.69, 9.17) is 0 Å². The highest BCUT2D eigenvalue weighted by Gasteiger charge is 2.25. The predicted octanol–water partition coefficient (Wildman–Crippen LogP) is 1.83. The number of hydrogen-bond donors (Lipinski definition) is 2. The van der Waals surface area contributed by atoms with Crippen molar-refractivity contribution in [3.05, 3.63) is 58.7 Å². The van der Waals surface area contributed by atoms with Gasteiger partial charge >= 0.3 is 0 Å². The van der Waals surface area contributed by atoms with Crippen LogP contribution in [-0.2, 0) is 30.1 Å². The van der Waals surface area contributed by atoms with Crippen molar-refractivity contribution in [1.29, 1.82) is 0 Å². The Bertz CT molecular complexity index is 694. The minimum atomic E-state index is -1.21. The number of benzene rings is 2. The molecule has 1 unspecified atom stereocenters. The van der Waals surface area contributed by atoms with Gasteiger partial charge in [0.05, 0.1) is 15.7 Å². The molecule has 1 aliphatic heterocycles. The molecule has 2 aromatic carbocycles. The molecule has 0 saturated carbocycles. The molecule has 0 aromatic heterocycles. The third-order valence-electron chi connectivity index (χ3n) is 3.92. The minimum absolute atomic E-state index is 0.0216. The normalized spacial score (nSPS) is 16.4. The van der Waals surface area contributed by atoms with Crippen LogP contribution in [-0.4, -0.2) is 27.6 Å². The largest absolute Gasteiger partial charge is 0.396 e. The van der Waals surface area contributed by atoms with Gasteiger partial charge in [-0.1, -0.05) is 30.3 Å². The molecule has 3 rings (SSSR count). The van der Waals surface area contributed by atoms with E-state index in [0.29, 0.717) is 12.8 Å². The molecular weight excluding hydrogens is 284 g/mol. The second-order valence-electron chi connectivity index (χ2n) is 5.19. The number of rotatable bonds is 4. The fraction of sp³-hybridized carbons (Fsp3) is 0.294. The molecule has 4 heteroatoms. The number of aliphatic hydroxyl groups is 2. The topological polar surface area (TPSA) is 57.5 Å². The summed E-state index contributed by atoms with van der Waals surface area (Å²) in [7, 11) is -1.21. The van der Waals surface area contributed by atoms with Crippen LogP contribution in [0.5, 0.6) is 0 Å². The van der Waals surface area contributed by atoms with Gasteiger partial charge in [-0.05, 0) is 47.6 Å². The molecular formula is C17H18O3S. The van der Waals surface area contributed by atoms with Crippen LogP contribution in [0.1, 0.15) is 22.3 Å². The summed E-state index contributed by atoms with van der Waals surface area (Å²) in [6, 6.07) is 11.8. The molecule has 0 spiro atoms. The van der Waals surface area contributed by atoms with Crippen molar-refractivity contribution in [3.8, 4) is 0 Å². The first kappa shape index (κ1) is 14.4. The summed E-state index contributed by atoms with van der Waals surface area (Å²) in [5.74, 6) is 0. The van der Waals surface area contributed by atoms with Crippen molar-refractivity contribution in [2.75, 3.05) is 13.2 Å². The third kappa shape index (κ3) is 2.55. The first-order valence-corrected chi connectivity index (χ1v) is 8.26. The quantitative estimate of drug-likeness (QED) is 0.773. The van der Waals surface area contributed by atoms with Gasteiger partial charge in [-0.3, -0.25) is 0 Å². The maximum atomic E-state index is 12.9. The fourth-order valence-corrected chi connectivity index (χ4v) is 4.61. The van der Waals surface area contributed by atoms with Crippen molar-refractivity contribution in [2.24, 2.45) is 0 Å². The monoisotopic (exact) mass is 302 g/mol. The Hall–Kier alpha value is -1.49. The molecule has 0 saturated heterocycles. The average molecular weight is 302 g/mol. The molecule has 1 atom stereocenters. The smallest absolute Gasteiger partial charge is 0.0858 e. The lowest BCUT2D eigenvalue weighted by atomic mass is 9.95. The SMILES string of the molecule is O=S1c2ccccc2Cc2ccc(CCO)c(CCO)c21. The molecule has 0 amide bonds. The van der Waals surface area contributed by atoms with E-state index in [1.165, 1.54) is 0 Å². The van der Waals surface area contributed by atoms with Gasteiger partial charge in [-0.25, -0.2) is 4.21 Å². The second kappa shape index (κ2) is 6.10. The maximum absolute atomic E-state index is 12.9. The van der Waals surface area contributed by atoms with E-state index in [1.54, 1.807) is 0 Å². The summed E-state index contributed by atoms with van der Waals surface area (Å²) in [6.07, 6.45) is 1.78. The van der Waals surface area contributed by atoms with Gasteiger partial charge in [0.15, 0.2) is 0 Å². The molecule has 0 bridgehead atoms. The molecule has 0 fully saturated rings. The Morgan fingerprint density at radius 1 is 0.952 bits per heavy atom. The molecule has 1 heterocycles. The van der Waals surface area contributed by atoms with Gasteiger partial charge in [0.1, 0.15) is 0 Å². The van der Waals surface area contributed by atoms with Crippen LogP contribution < -0.4 is 0 Å². The van der Waals surface area contributed by atoms with Crippen molar-refractivity contribution in [1.82, 2.24) is 0 Å². The average Bonchev–Trinajstić information content (AvgIpc) is 2.50. The Labute approximate surface area is 126 Å². The summed E-state index contributed by atoms with van der Waals surface area (Å²) >= 11 is 0. The van der Waals surface area contributed by atoms with E-state index in [-0.39, 0.29) is 13.2 Å². The van der Waals surface area contributed by atoms with Gasteiger partial charge < -0.3 is 10.2 Å². The highest BCUT2D eigenvalue weighted by molar-refractivity contribution is 7.85. The second-order valence-corrected chi connectivity index (χ2v) is 6.58. The first-order valence-electron chi connectivity index (χ1n) is 7.11. The van der Waals surface area contributed by atoms with E-state index in [2.05, 4.69) is 0 Å². The van der Waals surface area contributed by atoms with Gasteiger partial charge in [0.2, 0.25) is 0 Å². The lowest BCUT2D eigenvalue weighted by molar-refractivity contribution is 0.292. The van der Waals surface area contributed by atoms with Crippen LogP contribution in [0.3, 0.4) is 0 Å². The molecule has 1 aliphatic rings. The zero-order chi connectivity index (χ0) is 14.8. The van der Waals surface area contributed by atoms with Crippen LogP contribution in [0.15, 0.2) is 46.2 Å². The van der Waals surface area contributed by atoms with Crippen LogP contribution in [0.25, 0.3) is 0 Å². The van der Waals surface area contributed by atoms with E-state index >= 15 is 0 Å². The lowest BCUT2D eigenvalue weighted by Gasteiger charge is -2.23. The van der Waals surface area contributed by atoms with E-state index in [0.717, 1.165) is 38.5 Å². The highest BCUT2D eigenvalue weighted by atomic mass is 32.2. The Balaban J connectivity index is 2.16. The molecule has 21 heavy (non-hydrogen) atoms. The zero-order valence-corrected chi connectivity index (χ0v) is 12.5. The van der Waals surface area contributed by atoms with Crippen molar-refractivity contribution in [3.63, 3.8) is 0 Å². The number of fused-ring (bicyclic) bond motifs is 2. The Morgan fingerprint density at radius 3 is 2.48 bits per heavy atom. The standard InChI is InChI=1S/C17H18O3S/c18-9-7-12-5-6-14-11-13-3-1-2-4-16(13)21(20)17(14)15(12)8-10-19/h1-6,18-19H,7-11H2. The Kier molecular flexibility index (Phi) is 4.19. The van der Waals surface area contributed by atoms with E-state index in [9.17, 15) is 14.4 Å². The van der Waals surface area contributed by atoms with Crippen LogP contribution >= 0.6 is 0 Å². The third-order valence-corrected chi connectivity index (χ3v) is 5.60. The lowest BCUT2D eigenvalue weighted by Crippen LogP contribution is -2.15. The van der Waals surface area contributed by atoms with Gasteiger partial charge in [-0.2, -0.15) is 0 Å². The molecule has 2 N–H and O–H groups in total. The van der Waals surface area contributed by atoms with E-state index in [1.807, 2.05) is 36.4 Å². The zero-order valence-electron chi connectivity index (χ0n) is 11.7. The number of aliphatic hydroxyl groups excluding tert-OH is 2. The summed E-state index contributed by atoms with van der Waals surface area (Å²) in [5.41, 5.74) is 4.10. The van der Waals surface area contributed by atoms with Crippen molar-refractivity contribution < 1.29 is 14.4 Å². The summed E-state index contributed by atoms with van der Waals surface area (Å²) in [4.78, 5) is 1.71. The van der Waals surface area contributed by atoms with Gasteiger partial charge in [0.25, 0.3) is 0 Å². The first-order chi connectivity index (χ1) is 10.3. The fourth-order valence-electron chi connectivity index (χ4n) is 2.97. The molecule has 2 aromatic rings. The van der Waals surface area contributed by atoms with Crippen LogP contribution in [0, 0.1) is 0 Å². The predicted molar refractivity (Wildman–Crippen MR) is 81.9 cm³/mol. The molecule has 0 radical (unpaired) electrons. The highest BCUT2D eigenvalue weighted by Crippen LogP contribution is 2.35. The van der Waals surface area contributed by atoms with Crippen molar-refractivity contribution in [2.45, 2.75) is 29.1 Å². The van der Waals surface area contributed by atoms with Gasteiger partial charge in [0, 0.05) is 18.1 Å². The molecule has 3 nitrogen and oxygen atoms in total. The number of hydrogen-bond acceptors (Lipinski definition) is 3. The van der Waals surface area contributed by atoms with Crippen LogP contribution in [0.4, 0.5) is 0 Å². The summed E-state index contributed by atoms with van der Waals surface area (Å²) in [6.45, 7) is 0.0775. The Morgan fingerprint density at radius 2 is 1.71 bits per heavy atom. The summed E-state index contributed by atoms with van der Waals surface area (Å²) < 4.78 is 12.9. The van der Waals surface area contributed by atoms with Gasteiger partial charge in [-0.15, -0.1) is 0 Å². The molecule has 0 aliphatic carbocycles. The van der Waals surface area contributed by atoms with Crippen LogP contribution in [0.2, 0.25) is 0 Å². The van der Waals surface area contributed by atoms with Crippen molar-refractivity contribution >= 4 is 10.8 Å². The summed E-state index contributed by atoms with van der Waals surface area (Å²) in [5, 5.41) is 18.5.